The minimum absolute atomic E-state index is 0.0669. The van der Waals surface area contributed by atoms with Gasteiger partial charge in [0.1, 0.15) is 5.82 Å². The third-order valence-electron chi connectivity index (χ3n) is 5.07. The molecule has 0 N–H and O–H groups in total. The Kier molecular flexibility index (Phi) is 4.88. The van der Waals surface area contributed by atoms with E-state index in [-0.39, 0.29) is 5.91 Å². The van der Waals surface area contributed by atoms with Gasteiger partial charge in [-0.25, -0.2) is 4.98 Å². The van der Waals surface area contributed by atoms with E-state index in [4.69, 9.17) is 0 Å². The van der Waals surface area contributed by atoms with E-state index in [1.165, 1.54) is 11.1 Å². The van der Waals surface area contributed by atoms with Crippen LogP contribution in [0, 0.1) is 0 Å². The largest absolute Gasteiger partial charge is 0.334 e. The highest BCUT2D eigenvalue weighted by Gasteiger charge is 2.22. The summed E-state index contributed by atoms with van der Waals surface area (Å²) in [4.78, 5) is 21.6. The van der Waals surface area contributed by atoms with Crippen molar-refractivity contribution in [1.29, 1.82) is 0 Å². The Labute approximate surface area is 160 Å². The van der Waals surface area contributed by atoms with E-state index in [0.717, 1.165) is 31.0 Å². The number of fused-ring (bicyclic) bond motifs is 1. The number of rotatable bonds is 4. The smallest absolute Gasteiger partial charge is 0.254 e. The number of anilines is 2. The van der Waals surface area contributed by atoms with Crippen molar-refractivity contribution in [2.45, 2.75) is 19.9 Å². The van der Waals surface area contributed by atoms with Gasteiger partial charge in [0.15, 0.2) is 0 Å². The molecule has 1 aromatic heterocycles. The van der Waals surface area contributed by atoms with Gasteiger partial charge in [-0.15, -0.1) is 0 Å². The molecule has 1 amide bonds. The number of hydrogen-bond donors (Lipinski definition) is 0. The minimum atomic E-state index is 0.0669. The maximum Gasteiger partial charge on any atom is 0.254 e. The third-order valence-corrected chi connectivity index (χ3v) is 5.07. The van der Waals surface area contributed by atoms with Crippen LogP contribution in [0.1, 0.15) is 28.4 Å². The number of nitrogens with zero attached hydrogens (tertiary/aromatic N) is 3. The minimum Gasteiger partial charge on any atom is -0.334 e. The number of benzene rings is 2. The Balaban J connectivity index is 1.58. The molecule has 0 unspecified atom stereocenters. The van der Waals surface area contributed by atoms with Crippen LogP contribution in [0.15, 0.2) is 72.9 Å². The Morgan fingerprint density at radius 2 is 1.78 bits per heavy atom. The Morgan fingerprint density at radius 3 is 2.56 bits per heavy atom. The van der Waals surface area contributed by atoms with Gasteiger partial charge in [0.2, 0.25) is 0 Å². The van der Waals surface area contributed by atoms with E-state index in [9.17, 15) is 4.79 Å². The van der Waals surface area contributed by atoms with E-state index in [1.54, 1.807) is 6.20 Å². The van der Waals surface area contributed by atoms with Crippen LogP contribution in [-0.2, 0) is 13.0 Å². The Hall–Kier alpha value is -3.14. The number of aromatic nitrogens is 1. The fourth-order valence-electron chi connectivity index (χ4n) is 3.64. The summed E-state index contributed by atoms with van der Waals surface area (Å²) in [5, 5.41) is 0. The summed E-state index contributed by atoms with van der Waals surface area (Å²) in [5.41, 5.74) is 4.35. The standard InChI is InChI=1S/C23H23N3O/c1-2-26(21-10-4-3-5-11-21)22-16-19(12-14-24-22)23(27)25-15-13-18-8-6-7-9-20(18)17-25/h3-12,14,16H,2,13,15,17H2,1H3. The molecule has 0 bridgehead atoms. The Morgan fingerprint density at radius 1 is 1.04 bits per heavy atom. The summed E-state index contributed by atoms with van der Waals surface area (Å²) in [6.07, 6.45) is 2.64. The van der Waals surface area contributed by atoms with Crippen molar-refractivity contribution >= 4 is 17.4 Å². The van der Waals surface area contributed by atoms with Crippen molar-refractivity contribution in [3.05, 3.63) is 89.6 Å². The van der Waals surface area contributed by atoms with Gasteiger partial charge in [0.05, 0.1) is 0 Å². The molecular formula is C23H23N3O. The fourth-order valence-corrected chi connectivity index (χ4v) is 3.64. The molecule has 3 aromatic rings. The number of amides is 1. The number of hydrogen-bond acceptors (Lipinski definition) is 3. The van der Waals surface area contributed by atoms with Gasteiger partial charge in [-0.05, 0) is 48.7 Å². The predicted octanol–water partition coefficient (Wildman–Crippen LogP) is 4.44. The van der Waals surface area contributed by atoms with Crippen molar-refractivity contribution in [3.63, 3.8) is 0 Å². The van der Waals surface area contributed by atoms with Crippen LogP contribution in [0.4, 0.5) is 11.5 Å². The number of para-hydroxylation sites is 1. The van der Waals surface area contributed by atoms with E-state index in [2.05, 4.69) is 47.1 Å². The molecule has 2 heterocycles. The maximum absolute atomic E-state index is 13.1. The lowest BCUT2D eigenvalue weighted by molar-refractivity contribution is 0.0734. The average molecular weight is 357 g/mol. The third kappa shape index (κ3) is 3.56. The topological polar surface area (TPSA) is 36.4 Å². The maximum atomic E-state index is 13.1. The Bertz CT molecular complexity index is 939. The molecule has 0 saturated heterocycles. The molecule has 2 aromatic carbocycles. The van der Waals surface area contributed by atoms with E-state index in [0.29, 0.717) is 12.1 Å². The first kappa shape index (κ1) is 17.3. The molecule has 0 fully saturated rings. The second-order valence-electron chi connectivity index (χ2n) is 6.73. The second-order valence-corrected chi connectivity index (χ2v) is 6.73. The zero-order valence-electron chi connectivity index (χ0n) is 15.5. The van der Waals surface area contributed by atoms with Gasteiger partial charge in [0, 0.05) is 37.1 Å². The molecule has 0 saturated carbocycles. The predicted molar refractivity (Wildman–Crippen MR) is 108 cm³/mol. The van der Waals surface area contributed by atoms with Gasteiger partial charge in [-0.1, -0.05) is 42.5 Å². The van der Waals surface area contributed by atoms with Crippen molar-refractivity contribution in [1.82, 2.24) is 9.88 Å². The number of carbonyl (C=O) groups is 1. The lowest BCUT2D eigenvalue weighted by atomic mass is 9.99. The van der Waals surface area contributed by atoms with Gasteiger partial charge in [-0.3, -0.25) is 4.79 Å². The van der Waals surface area contributed by atoms with Gasteiger partial charge in [-0.2, -0.15) is 0 Å². The van der Waals surface area contributed by atoms with Crippen LogP contribution >= 0.6 is 0 Å². The highest BCUT2D eigenvalue weighted by molar-refractivity contribution is 5.95. The molecule has 0 radical (unpaired) electrons. The first-order valence-corrected chi connectivity index (χ1v) is 9.41. The summed E-state index contributed by atoms with van der Waals surface area (Å²) in [6.45, 7) is 4.29. The normalized spacial score (nSPS) is 13.1. The molecule has 0 aliphatic carbocycles. The van der Waals surface area contributed by atoms with Gasteiger partial charge >= 0.3 is 0 Å². The zero-order chi connectivity index (χ0) is 18.6. The second kappa shape index (κ2) is 7.62. The van der Waals surface area contributed by atoms with Gasteiger partial charge < -0.3 is 9.80 Å². The molecule has 4 rings (SSSR count). The molecule has 27 heavy (non-hydrogen) atoms. The highest BCUT2D eigenvalue weighted by Crippen LogP contribution is 2.25. The number of carbonyl (C=O) groups excluding carboxylic acids is 1. The molecule has 1 aliphatic heterocycles. The first-order valence-electron chi connectivity index (χ1n) is 9.41. The summed E-state index contributed by atoms with van der Waals surface area (Å²) in [5.74, 6) is 0.865. The molecule has 136 valence electrons. The van der Waals surface area contributed by atoms with Crippen LogP contribution in [0.25, 0.3) is 0 Å². The van der Waals surface area contributed by atoms with Crippen LogP contribution in [-0.4, -0.2) is 28.9 Å². The quantitative estimate of drug-likeness (QED) is 0.693. The van der Waals surface area contributed by atoms with E-state index < -0.39 is 0 Å². The van der Waals surface area contributed by atoms with Crippen LogP contribution in [0.3, 0.4) is 0 Å². The zero-order valence-corrected chi connectivity index (χ0v) is 15.5. The molecule has 1 aliphatic rings. The summed E-state index contributed by atoms with van der Waals surface area (Å²) in [6, 6.07) is 22.2. The van der Waals surface area contributed by atoms with E-state index in [1.807, 2.05) is 41.3 Å². The monoisotopic (exact) mass is 357 g/mol. The lowest BCUT2D eigenvalue weighted by Crippen LogP contribution is -2.36. The fraction of sp³-hybridized carbons (Fsp3) is 0.217. The molecular weight excluding hydrogens is 334 g/mol. The molecule has 0 atom stereocenters. The van der Waals surface area contributed by atoms with Crippen molar-refractivity contribution < 1.29 is 4.79 Å². The molecule has 0 spiro atoms. The highest BCUT2D eigenvalue weighted by atomic mass is 16.2. The van der Waals surface area contributed by atoms with Crippen molar-refractivity contribution in [2.24, 2.45) is 0 Å². The van der Waals surface area contributed by atoms with Crippen LogP contribution < -0.4 is 4.90 Å². The average Bonchev–Trinajstić information content (AvgIpc) is 2.74. The van der Waals surface area contributed by atoms with Crippen LogP contribution in [0.2, 0.25) is 0 Å². The summed E-state index contributed by atoms with van der Waals surface area (Å²) in [7, 11) is 0. The summed E-state index contributed by atoms with van der Waals surface area (Å²) >= 11 is 0. The van der Waals surface area contributed by atoms with Crippen molar-refractivity contribution in [3.8, 4) is 0 Å². The number of pyridine rings is 1. The van der Waals surface area contributed by atoms with Gasteiger partial charge in [0.25, 0.3) is 5.91 Å². The SMILES string of the molecule is CCN(c1ccccc1)c1cc(C(=O)N2CCc3ccccc3C2)ccn1. The first-order chi connectivity index (χ1) is 13.3. The lowest BCUT2D eigenvalue weighted by Gasteiger charge is -2.29. The summed E-state index contributed by atoms with van der Waals surface area (Å²) < 4.78 is 0. The van der Waals surface area contributed by atoms with Crippen LogP contribution in [0.5, 0.6) is 0 Å². The molecule has 4 nitrogen and oxygen atoms in total. The molecule has 4 heteroatoms. The van der Waals surface area contributed by atoms with E-state index >= 15 is 0 Å². The van der Waals surface area contributed by atoms with Crippen molar-refractivity contribution in [2.75, 3.05) is 18.0 Å².